The van der Waals surface area contributed by atoms with E-state index < -0.39 is 6.04 Å². The first-order valence-electron chi connectivity index (χ1n) is 12.0. The second kappa shape index (κ2) is 14.2. The lowest BCUT2D eigenvalue weighted by molar-refractivity contribution is -0.139. The highest BCUT2D eigenvalue weighted by Gasteiger charge is 2.30. The van der Waals surface area contributed by atoms with Crippen LogP contribution in [0.2, 0.25) is 0 Å². The van der Waals surface area contributed by atoms with Gasteiger partial charge in [0.2, 0.25) is 11.8 Å². The molecular formula is C29H34N2O3S. The summed E-state index contributed by atoms with van der Waals surface area (Å²) in [7, 11) is 1.65. The minimum Gasteiger partial charge on any atom is -0.497 e. The summed E-state index contributed by atoms with van der Waals surface area (Å²) in [6, 6.07) is 27.0. The van der Waals surface area contributed by atoms with E-state index in [0.717, 1.165) is 28.9 Å². The number of carbonyl (C=O) groups excluding carboxylic acids is 2. The maximum absolute atomic E-state index is 13.6. The van der Waals surface area contributed by atoms with Gasteiger partial charge in [0.15, 0.2) is 0 Å². The molecule has 0 saturated heterocycles. The van der Waals surface area contributed by atoms with Crippen LogP contribution in [0.1, 0.15) is 30.0 Å². The molecule has 0 heterocycles. The van der Waals surface area contributed by atoms with Gasteiger partial charge in [0, 0.05) is 25.3 Å². The minimum absolute atomic E-state index is 0.0417. The largest absolute Gasteiger partial charge is 0.497 e. The Balaban J connectivity index is 1.78. The first kappa shape index (κ1) is 26.4. The molecule has 3 aromatic carbocycles. The Bertz CT molecular complexity index is 1040. The molecule has 0 unspecified atom stereocenters. The molecule has 0 aliphatic carbocycles. The number of rotatable bonds is 13. The second-order valence-corrected chi connectivity index (χ2v) is 9.33. The second-order valence-electron chi connectivity index (χ2n) is 8.34. The molecule has 1 N–H and O–H groups in total. The molecule has 0 bridgehead atoms. The van der Waals surface area contributed by atoms with Gasteiger partial charge in [0.05, 0.1) is 12.9 Å². The van der Waals surface area contributed by atoms with E-state index in [1.807, 2.05) is 91.9 Å². The summed E-state index contributed by atoms with van der Waals surface area (Å²) in [6.07, 6.45) is 1.31. The molecule has 0 aromatic heterocycles. The number of carbonyl (C=O) groups is 2. The molecular weight excluding hydrogens is 456 g/mol. The summed E-state index contributed by atoms with van der Waals surface area (Å²) in [5.41, 5.74) is 3.16. The van der Waals surface area contributed by atoms with Gasteiger partial charge in [0.25, 0.3) is 0 Å². The molecule has 184 valence electrons. The van der Waals surface area contributed by atoms with Gasteiger partial charge in [-0.2, -0.15) is 0 Å². The first-order valence-corrected chi connectivity index (χ1v) is 13.1. The quantitative estimate of drug-likeness (QED) is 0.362. The third kappa shape index (κ3) is 8.48. The molecule has 6 heteroatoms. The zero-order valence-electron chi connectivity index (χ0n) is 20.5. The Morgan fingerprint density at radius 3 is 2.11 bits per heavy atom. The van der Waals surface area contributed by atoms with Crippen molar-refractivity contribution in [1.82, 2.24) is 10.2 Å². The number of hydrogen-bond acceptors (Lipinski definition) is 4. The Morgan fingerprint density at radius 1 is 0.886 bits per heavy atom. The van der Waals surface area contributed by atoms with E-state index in [0.29, 0.717) is 31.0 Å². The monoisotopic (exact) mass is 490 g/mol. The summed E-state index contributed by atoms with van der Waals surface area (Å²) in [4.78, 5) is 28.6. The summed E-state index contributed by atoms with van der Waals surface area (Å²) in [6.45, 7) is 3.00. The fraction of sp³-hybridized carbons (Fsp3) is 0.310. The smallest absolute Gasteiger partial charge is 0.243 e. The van der Waals surface area contributed by atoms with Crippen molar-refractivity contribution < 1.29 is 14.3 Å². The van der Waals surface area contributed by atoms with Gasteiger partial charge in [-0.05, 0) is 35.2 Å². The first-order chi connectivity index (χ1) is 17.1. The predicted octanol–water partition coefficient (Wildman–Crippen LogP) is 5.09. The van der Waals surface area contributed by atoms with Crippen molar-refractivity contribution in [2.45, 2.75) is 38.1 Å². The van der Waals surface area contributed by atoms with Crippen LogP contribution in [0.25, 0.3) is 0 Å². The third-order valence-corrected chi connectivity index (χ3v) is 6.66. The Kier molecular flexibility index (Phi) is 10.7. The molecule has 0 aliphatic heterocycles. The molecule has 0 radical (unpaired) electrons. The van der Waals surface area contributed by atoms with Crippen LogP contribution in [-0.4, -0.2) is 42.2 Å². The molecule has 0 saturated carbocycles. The lowest BCUT2D eigenvalue weighted by Crippen LogP contribution is -2.51. The highest BCUT2D eigenvalue weighted by atomic mass is 32.2. The Morgan fingerprint density at radius 2 is 1.51 bits per heavy atom. The molecule has 0 spiro atoms. The van der Waals surface area contributed by atoms with Crippen molar-refractivity contribution >= 4 is 23.6 Å². The van der Waals surface area contributed by atoms with Crippen LogP contribution >= 0.6 is 11.8 Å². The lowest BCUT2D eigenvalue weighted by atomic mass is 10.0. The van der Waals surface area contributed by atoms with Crippen molar-refractivity contribution in [3.05, 3.63) is 102 Å². The van der Waals surface area contributed by atoms with E-state index in [1.54, 1.807) is 23.8 Å². The molecule has 0 fully saturated rings. The van der Waals surface area contributed by atoms with Crippen LogP contribution in [0.4, 0.5) is 0 Å². The van der Waals surface area contributed by atoms with E-state index >= 15 is 0 Å². The number of hydrogen-bond donors (Lipinski definition) is 1. The summed E-state index contributed by atoms with van der Waals surface area (Å²) < 4.78 is 5.22. The number of methoxy groups -OCH3 is 1. The average Bonchev–Trinajstić information content (AvgIpc) is 2.90. The van der Waals surface area contributed by atoms with Crippen LogP contribution in [-0.2, 0) is 28.3 Å². The molecule has 2 amide bonds. The fourth-order valence-corrected chi connectivity index (χ4v) is 4.63. The van der Waals surface area contributed by atoms with Crippen LogP contribution in [0.5, 0.6) is 5.75 Å². The summed E-state index contributed by atoms with van der Waals surface area (Å²) >= 11 is 1.56. The number of ether oxygens (including phenoxy) is 1. The van der Waals surface area contributed by atoms with E-state index in [2.05, 4.69) is 5.32 Å². The van der Waals surface area contributed by atoms with Crippen LogP contribution < -0.4 is 10.1 Å². The Hall–Kier alpha value is -3.25. The topological polar surface area (TPSA) is 58.6 Å². The van der Waals surface area contributed by atoms with E-state index in [-0.39, 0.29) is 11.8 Å². The van der Waals surface area contributed by atoms with Crippen molar-refractivity contribution in [1.29, 1.82) is 0 Å². The van der Waals surface area contributed by atoms with Gasteiger partial charge in [-0.1, -0.05) is 79.7 Å². The van der Waals surface area contributed by atoms with Crippen molar-refractivity contribution in [3.63, 3.8) is 0 Å². The number of amides is 2. The van der Waals surface area contributed by atoms with Gasteiger partial charge in [0.1, 0.15) is 11.8 Å². The molecule has 1 atom stereocenters. The van der Waals surface area contributed by atoms with Crippen molar-refractivity contribution in [2.24, 2.45) is 0 Å². The predicted molar refractivity (Wildman–Crippen MR) is 143 cm³/mol. The lowest BCUT2D eigenvalue weighted by Gasteiger charge is -2.31. The van der Waals surface area contributed by atoms with Crippen molar-refractivity contribution in [3.8, 4) is 5.75 Å². The molecule has 3 rings (SSSR count). The highest BCUT2D eigenvalue weighted by Crippen LogP contribution is 2.20. The maximum Gasteiger partial charge on any atom is 0.243 e. The number of nitrogens with one attached hydrogen (secondary N) is 1. The fourth-order valence-electron chi connectivity index (χ4n) is 3.76. The summed E-state index contributed by atoms with van der Waals surface area (Å²) in [5, 5.41) is 3.02. The van der Waals surface area contributed by atoms with Gasteiger partial charge in [-0.15, -0.1) is 11.8 Å². The minimum atomic E-state index is -0.585. The van der Waals surface area contributed by atoms with Crippen LogP contribution in [0.3, 0.4) is 0 Å². The summed E-state index contributed by atoms with van der Waals surface area (Å²) in [5.74, 6) is 1.66. The SMILES string of the molecule is CCCNC(=O)[C@H](Cc1ccccc1)N(Cc1ccccc1)C(=O)CSCc1ccc(OC)cc1. The maximum atomic E-state index is 13.6. The van der Waals surface area contributed by atoms with E-state index in [9.17, 15) is 9.59 Å². The zero-order valence-corrected chi connectivity index (χ0v) is 21.3. The normalized spacial score (nSPS) is 11.5. The third-order valence-electron chi connectivity index (χ3n) is 5.67. The molecule has 3 aromatic rings. The van der Waals surface area contributed by atoms with Crippen LogP contribution in [0.15, 0.2) is 84.9 Å². The van der Waals surface area contributed by atoms with Gasteiger partial charge < -0.3 is 15.0 Å². The van der Waals surface area contributed by atoms with E-state index in [1.165, 1.54) is 0 Å². The number of benzene rings is 3. The molecule has 0 aliphatic rings. The average molecular weight is 491 g/mol. The van der Waals surface area contributed by atoms with Gasteiger partial charge in [-0.3, -0.25) is 9.59 Å². The number of nitrogens with zero attached hydrogens (tertiary/aromatic N) is 1. The number of thioether (sulfide) groups is 1. The van der Waals surface area contributed by atoms with Crippen LogP contribution in [0, 0.1) is 0 Å². The molecule has 35 heavy (non-hydrogen) atoms. The Labute approximate surface area is 212 Å². The molecule has 5 nitrogen and oxygen atoms in total. The zero-order chi connectivity index (χ0) is 24.9. The van der Waals surface area contributed by atoms with E-state index in [4.69, 9.17) is 4.74 Å². The van der Waals surface area contributed by atoms with Gasteiger partial charge in [-0.25, -0.2) is 0 Å². The standard InChI is InChI=1S/C29H34N2O3S/c1-3-18-30-29(33)27(19-23-10-6-4-7-11-23)31(20-24-12-8-5-9-13-24)28(32)22-35-21-25-14-16-26(34-2)17-15-25/h4-17,27H,3,18-22H2,1-2H3,(H,30,33)/t27-/m0/s1. The highest BCUT2D eigenvalue weighted by molar-refractivity contribution is 7.99. The van der Waals surface area contributed by atoms with Gasteiger partial charge >= 0.3 is 0 Å². The van der Waals surface area contributed by atoms with Crippen molar-refractivity contribution in [2.75, 3.05) is 19.4 Å².